The minimum Gasteiger partial charge on any atom is -0.497 e. The van der Waals surface area contributed by atoms with Gasteiger partial charge in [-0.15, -0.1) is 24.0 Å². The molecule has 0 heterocycles. The summed E-state index contributed by atoms with van der Waals surface area (Å²) in [5.41, 5.74) is 0. The lowest BCUT2D eigenvalue weighted by Crippen LogP contribution is -2.35. The fourth-order valence-corrected chi connectivity index (χ4v) is 1.42. The topological polar surface area (TPSA) is 54.9 Å². The third-order valence-corrected chi connectivity index (χ3v) is 2.40. The van der Waals surface area contributed by atoms with E-state index in [0.717, 1.165) is 30.4 Å². The largest absolute Gasteiger partial charge is 0.497 e. The molecule has 19 heavy (non-hydrogen) atoms. The number of halogens is 1. The Hall–Kier alpha value is -1.18. The second-order valence-corrected chi connectivity index (χ2v) is 3.63. The minimum atomic E-state index is 0. The van der Waals surface area contributed by atoms with Gasteiger partial charge in [0.25, 0.3) is 0 Å². The first-order valence-electron chi connectivity index (χ1n) is 5.95. The molecular formula is C13H22IN3O2. The molecule has 5 nitrogen and oxygen atoms in total. The molecule has 0 aromatic heterocycles. The molecule has 0 aliphatic rings. The molecular weight excluding hydrogens is 357 g/mol. The van der Waals surface area contributed by atoms with E-state index in [9.17, 15) is 0 Å². The van der Waals surface area contributed by atoms with Crippen molar-refractivity contribution in [3.8, 4) is 11.5 Å². The first-order chi connectivity index (χ1) is 8.80. The molecule has 0 atom stereocenters. The number of ether oxygens (including phenoxy) is 2. The zero-order valence-electron chi connectivity index (χ0n) is 11.6. The smallest absolute Gasteiger partial charge is 0.190 e. The average molecular weight is 379 g/mol. The Morgan fingerprint density at radius 2 is 1.84 bits per heavy atom. The molecule has 0 amide bonds. The zero-order chi connectivity index (χ0) is 13.2. The van der Waals surface area contributed by atoms with E-state index in [-0.39, 0.29) is 24.0 Å². The lowest BCUT2D eigenvalue weighted by molar-refractivity contribution is 0.310. The number of aliphatic imine (C=N–C) groups is 1. The van der Waals surface area contributed by atoms with Crippen molar-refractivity contribution in [1.29, 1.82) is 0 Å². The Morgan fingerprint density at radius 3 is 2.37 bits per heavy atom. The van der Waals surface area contributed by atoms with E-state index in [1.54, 1.807) is 14.2 Å². The first kappa shape index (κ1) is 17.8. The van der Waals surface area contributed by atoms with Crippen LogP contribution in [0.3, 0.4) is 0 Å². The van der Waals surface area contributed by atoms with Crippen LogP contribution in [0.5, 0.6) is 11.5 Å². The Morgan fingerprint density at radius 1 is 1.21 bits per heavy atom. The van der Waals surface area contributed by atoms with Crippen LogP contribution in [0.4, 0.5) is 0 Å². The van der Waals surface area contributed by atoms with Gasteiger partial charge in [-0.2, -0.15) is 0 Å². The maximum Gasteiger partial charge on any atom is 0.190 e. The molecule has 6 heteroatoms. The first-order valence-corrected chi connectivity index (χ1v) is 5.95. The van der Waals surface area contributed by atoms with Gasteiger partial charge < -0.3 is 20.1 Å². The third kappa shape index (κ3) is 7.09. The van der Waals surface area contributed by atoms with Gasteiger partial charge >= 0.3 is 0 Å². The molecule has 1 aromatic rings. The van der Waals surface area contributed by atoms with Crippen molar-refractivity contribution in [2.75, 3.05) is 34.4 Å². The van der Waals surface area contributed by atoms with E-state index in [1.165, 1.54) is 0 Å². The maximum absolute atomic E-state index is 5.60. The SMILES string of the molecule is CN=C(NC)NCCCOc1ccc(OC)cc1.I. The highest BCUT2D eigenvalue weighted by molar-refractivity contribution is 14.0. The van der Waals surface area contributed by atoms with Gasteiger partial charge in [-0.3, -0.25) is 4.99 Å². The van der Waals surface area contributed by atoms with Crippen molar-refractivity contribution >= 4 is 29.9 Å². The van der Waals surface area contributed by atoms with Crippen molar-refractivity contribution in [3.63, 3.8) is 0 Å². The molecule has 0 aliphatic carbocycles. The van der Waals surface area contributed by atoms with Crippen LogP contribution in [-0.2, 0) is 0 Å². The van der Waals surface area contributed by atoms with E-state index in [0.29, 0.717) is 6.61 Å². The van der Waals surface area contributed by atoms with E-state index in [4.69, 9.17) is 9.47 Å². The molecule has 0 fully saturated rings. The Kier molecular flexibility index (Phi) is 10.1. The van der Waals surface area contributed by atoms with Gasteiger partial charge in [0, 0.05) is 20.6 Å². The summed E-state index contributed by atoms with van der Waals surface area (Å²) in [4.78, 5) is 4.02. The van der Waals surface area contributed by atoms with Crippen molar-refractivity contribution < 1.29 is 9.47 Å². The monoisotopic (exact) mass is 379 g/mol. The van der Waals surface area contributed by atoms with Crippen LogP contribution in [0.2, 0.25) is 0 Å². The highest BCUT2D eigenvalue weighted by Gasteiger charge is 1.96. The Labute approximate surface area is 131 Å². The predicted octanol–water partition coefficient (Wildman–Crippen LogP) is 1.88. The molecule has 0 saturated heterocycles. The molecule has 1 aromatic carbocycles. The number of nitrogens with zero attached hydrogens (tertiary/aromatic N) is 1. The van der Waals surface area contributed by atoms with Gasteiger partial charge in [0.15, 0.2) is 5.96 Å². The number of benzene rings is 1. The summed E-state index contributed by atoms with van der Waals surface area (Å²) in [7, 11) is 5.23. The number of nitrogens with one attached hydrogen (secondary N) is 2. The zero-order valence-corrected chi connectivity index (χ0v) is 13.9. The van der Waals surface area contributed by atoms with Crippen molar-refractivity contribution in [3.05, 3.63) is 24.3 Å². The maximum atomic E-state index is 5.60. The molecule has 1 rings (SSSR count). The second-order valence-electron chi connectivity index (χ2n) is 3.63. The quantitative estimate of drug-likeness (QED) is 0.343. The van der Waals surface area contributed by atoms with Gasteiger partial charge in [0.05, 0.1) is 13.7 Å². The number of guanidine groups is 1. The van der Waals surface area contributed by atoms with Crippen LogP contribution in [0.15, 0.2) is 29.3 Å². The van der Waals surface area contributed by atoms with E-state index in [1.807, 2.05) is 31.3 Å². The summed E-state index contributed by atoms with van der Waals surface area (Å²) in [6.45, 7) is 1.49. The van der Waals surface area contributed by atoms with E-state index < -0.39 is 0 Å². The second kappa shape index (κ2) is 10.7. The summed E-state index contributed by atoms with van der Waals surface area (Å²) < 4.78 is 10.7. The molecule has 0 spiro atoms. The van der Waals surface area contributed by atoms with Crippen molar-refractivity contribution in [2.45, 2.75) is 6.42 Å². The average Bonchev–Trinajstić information content (AvgIpc) is 2.43. The number of hydrogen-bond acceptors (Lipinski definition) is 3. The summed E-state index contributed by atoms with van der Waals surface area (Å²) in [6, 6.07) is 7.57. The van der Waals surface area contributed by atoms with Gasteiger partial charge in [-0.05, 0) is 30.7 Å². The number of rotatable bonds is 6. The molecule has 0 aliphatic heterocycles. The van der Waals surface area contributed by atoms with Crippen molar-refractivity contribution in [2.24, 2.45) is 4.99 Å². The Balaban J connectivity index is 0.00000324. The normalized spacial score (nSPS) is 10.4. The fourth-order valence-electron chi connectivity index (χ4n) is 1.42. The summed E-state index contributed by atoms with van der Waals surface area (Å²) in [5.74, 6) is 2.48. The van der Waals surface area contributed by atoms with Crippen LogP contribution in [-0.4, -0.2) is 40.3 Å². The summed E-state index contributed by atoms with van der Waals surface area (Å²) >= 11 is 0. The summed E-state index contributed by atoms with van der Waals surface area (Å²) in [6.07, 6.45) is 0.909. The van der Waals surface area contributed by atoms with Gasteiger partial charge in [-0.1, -0.05) is 0 Å². The Bertz CT molecular complexity index is 369. The predicted molar refractivity (Wildman–Crippen MR) is 88.9 cm³/mol. The van der Waals surface area contributed by atoms with Crippen LogP contribution < -0.4 is 20.1 Å². The lowest BCUT2D eigenvalue weighted by Gasteiger charge is -2.09. The molecule has 0 radical (unpaired) electrons. The molecule has 0 saturated carbocycles. The summed E-state index contributed by atoms with van der Waals surface area (Å²) in [5, 5.41) is 6.12. The molecule has 108 valence electrons. The minimum absolute atomic E-state index is 0. The molecule has 0 bridgehead atoms. The van der Waals surface area contributed by atoms with E-state index in [2.05, 4.69) is 15.6 Å². The highest BCUT2D eigenvalue weighted by Crippen LogP contribution is 2.16. The van der Waals surface area contributed by atoms with Crippen LogP contribution in [0.1, 0.15) is 6.42 Å². The third-order valence-electron chi connectivity index (χ3n) is 2.40. The van der Waals surface area contributed by atoms with Crippen LogP contribution in [0, 0.1) is 0 Å². The number of methoxy groups -OCH3 is 1. The standard InChI is InChI=1S/C13H21N3O2.HI/c1-14-13(15-2)16-9-4-10-18-12-7-5-11(17-3)6-8-12;/h5-8H,4,9-10H2,1-3H3,(H2,14,15,16);1H. The number of hydrogen-bond donors (Lipinski definition) is 2. The van der Waals surface area contributed by atoms with Crippen LogP contribution in [0.25, 0.3) is 0 Å². The molecule has 0 unspecified atom stereocenters. The highest BCUT2D eigenvalue weighted by atomic mass is 127. The van der Waals surface area contributed by atoms with Gasteiger partial charge in [0.2, 0.25) is 0 Å². The van der Waals surface area contributed by atoms with Gasteiger partial charge in [-0.25, -0.2) is 0 Å². The van der Waals surface area contributed by atoms with E-state index >= 15 is 0 Å². The van der Waals surface area contributed by atoms with Gasteiger partial charge in [0.1, 0.15) is 11.5 Å². The lowest BCUT2D eigenvalue weighted by atomic mass is 10.3. The van der Waals surface area contributed by atoms with Crippen LogP contribution >= 0.6 is 24.0 Å². The fraction of sp³-hybridized carbons (Fsp3) is 0.462. The molecule has 2 N–H and O–H groups in total. The van der Waals surface area contributed by atoms with Crippen molar-refractivity contribution in [1.82, 2.24) is 10.6 Å².